The summed E-state index contributed by atoms with van der Waals surface area (Å²) >= 11 is 0.859. The Labute approximate surface area is 580 Å². The van der Waals surface area contributed by atoms with E-state index in [2.05, 4.69) is 0 Å². The Balaban J connectivity index is 0.0000112. The van der Waals surface area contributed by atoms with Crippen molar-refractivity contribution in [1.29, 1.82) is 0 Å². The van der Waals surface area contributed by atoms with E-state index in [0.29, 0.717) is 0 Å². The van der Waals surface area contributed by atoms with E-state index < -0.39 is 298 Å². The van der Waals surface area contributed by atoms with Gasteiger partial charge in [-0.2, -0.15) is 0 Å². The van der Waals surface area contributed by atoms with Gasteiger partial charge < -0.3 is 203 Å². The van der Waals surface area contributed by atoms with Gasteiger partial charge in [0.15, 0.2) is 50.3 Å². The van der Waals surface area contributed by atoms with Gasteiger partial charge in [-0.3, -0.25) is 0 Å². The summed E-state index contributed by atoms with van der Waals surface area (Å²) in [6.45, 7) is -7.68. The average molecular weight is 1460 g/mol. The number of carboxylic acid groups (broad SMARTS) is 1. The van der Waals surface area contributed by atoms with Gasteiger partial charge in [-0.15, -0.1) is 11.8 Å². The maximum Gasteiger partial charge on any atom is 1.00 e. The van der Waals surface area contributed by atoms with Gasteiger partial charge in [-0.25, -0.2) is 0 Å². The van der Waals surface area contributed by atoms with Crippen molar-refractivity contribution in [2.45, 2.75) is 251 Å². The summed E-state index contributed by atoms with van der Waals surface area (Å²) in [7, 11) is 0. The van der Waals surface area contributed by atoms with Crippen molar-refractivity contribution in [3.05, 3.63) is 29.8 Å². The number of aliphatic hydroxyl groups excluding tert-OH is 23. The van der Waals surface area contributed by atoms with Crippen LogP contribution in [0.25, 0.3) is 0 Å². The van der Waals surface area contributed by atoms with Crippen LogP contribution in [0.5, 0.6) is 0 Å². The maximum absolute atomic E-state index is 11.9. The van der Waals surface area contributed by atoms with Crippen LogP contribution < -0.4 is 34.7 Å². The maximum atomic E-state index is 11.9. The zero-order valence-electron chi connectivity index (χ0n) is 51.6. The first-order valence-electron chi connectivity index (χ1n) is 30.8. The van der Waals surface area contributed by atoms with Gasteiger partial charge in [0, 0.05) is 10.6 Å². The SMILES string of the molecule is O=C([O-])c1cccc(SCC2O[C@@H]3O[C@@H]4C(CO)O[C@H](O[C@@H]5C(CO)O[C@H](O[C@@H]6C(CO)O[C@H](O[C@@H]7C(CO)O[C@H](O[C@@H]8C(CO)O[C@H](O[C@@H]9C(CO)O[C@H](O[C@@H]%10C(CO)O[C@H](O[C@H]2C(O)C3O)C(O)C%10O)C(O)C9O)C(O)C8O)C(O)C7O)C(O)C6O)C(O)C5O)C(O)C4O)c1.[Na+]. The summed E-state index contributed by atoms with van der Waals surface area (Å²) < 4.78 is 92.7. The van der Waals surface area contributed by atoms with E-state index in [1.807, 2.05) is 0 Å². The molecular weight excluding hydrogens is 1370 g/mol. The van der Waals surface area contributed by atoms with Crippen LogP contribution in [0, 0.1) is 0 Å². The number of thioether (sulfide) groups is 1. The quantitative estimate of drug-likeness (QED) is 0.0723. The minimum Gasteiger partial charge on any atom is -0.545 e. The Morgan fingerprint density at radius 2 is 0.480 bits per heavy atom. The predicted molar refractivity (Wildman–Crippen MR) is 295 cm³/mol. The standard InChI is InChI=1S/C55H84O41S.Na/c56-5-15-39-23(63)31(71)48(81-15)90-40-16(6-57)83-50(33(73)25(40)65)92-42-18(8-59)85-52(35(75)27(42)67)94-44-20(10-61)87-54(37(77)29(44)69)96-46-22(12-97-14-3-1-2-13(4-14)47(79)80)88-55(38(78)30(46)70)95-45-21(11-62)86-53(36(76)28(45)68)93-43-19(9-60)84-51(34(74)26(43)66)91-41-17(7-58)82-49(89-39)32(72)24(41)64;/h1-4,15-46,48-78H,5-12H2,(H,79,80);/q;+1/p-1/t15?,16?,17?,18?,19?,20?,21?,22?,23?,24?,25?,26?,27?,28?,29?,30?,31?,32?,33?,34?,35?,36?,37?,38?,39-,40-,41-,42-,43-,44-,45-,46-,48-,49-,50-,51-,52-,53-,54-,55-;/m1./s1. The van der Waals surface area contributed by atoms with Crippen molar-refractivity contribution in [3.63, 3.8) is 0 Å². The summed E-state index contributed by atoms with van der Waals surface area (Å²) in [5.41, 5.74) is -0.270. The molecule has 24 unspecified atom stereocenters. The first-order valence-corrected chi connectivity index (χ1v) is 31.8. The number of hydrogen-bond donors (Lipinski definition) is 23. The van der Waals surface area contributed by atoms with Gasteiger partial charge >= 0.3 is 29.6 Å². The van der Waals surface area contributed by atoms with Crippen molar-refractivity contribution in [3.8, 4) is 0 Å². The third-order valence-corrected chi connectivity index (χ3v) is 19.3. The molecule has 1 aromatic rings. The van der Waals surface area contributed by atoms with Crippen LogP contribution in [0.1, 0.15) is 10.4 Å². The molecule has 0 saturated carbocycles. The molecule has 0 spiro atoms. The van der Waals surface area contributed by atoms with Crippen molar-refractivity contribution < 1.29 is 233 Å². The second-order valence-corrected chi connectivity index (χ2v) is 25.5. The van der Waals surface area contributed by atoms with Crippen molar-refractivity contribution in [1.82, 2.24) is 0 Å². The molecule has 23 N–H and O–H groups in total. The van der Waals surface area contributed by atoms with E-state index in [4.69, 9.17) is 75.8 Å². The van der Waals surface area contributed by atoms with Gasteiger partial charge in [0.25, 0.3) is 0 Å². The summed E-state index contributed by atoms with van der Waals surface area (Å²) in [6, 6.07) is 5.24. The van der Waals surface area contributed by atoms with Gasteiger partial charge in [-0.1, -0.05) is 12.1 Å². The molecule has 30 fully saturated rings. The van der Waals surface area contributed by atoms with E-state index in [9.17, 15) is 127 Å². The molecule has 16 bridgehead atoms. The van der Waals surface area contributed by atoms with Crippen LogP contribution in [0.15, 0.2) is 29.2 Å². The Morgan fingerprint density at radius 1 is 0.296 bits per heavy atom. The Morgan fingerprint density at radius 3 is 0.663 bits per heavy atom. The molecule has 98 heavy (non-hydrogen) atoms. The number of aromatic carboxylic acids is 1. The second-order valence-electron chi connectivity index (χ2n) is 24.4. The molecule has 0 aromatic heterocycles. The molecule has 31 rings (SSSR count). The molecule has 40 atom stereocenters. The molecule has 30 heterocycles. The zero-order valence-corrected chi connectivity index (χ0v) is 54.4. The van der Waals surface area contributed by atoms with Crippen LogP contribution in [0.4, 0.5) is 0 Å². The van der Waals surface area contributed by atoms with Gasteiger partial charge in [0.2, 0.25) is 0 Å². The van der Waals surface area contributed by atoms with Crippen LogP contribution in [0.2, 0.25) is 0 Å². The van der Waals surface area contributed by atoms with E-state index in [-0.39, 0.29) is 45.8 Å². The molecule has 30 aliphatic heterocycles. The molecule has 43 heteroatoms. The summed E-state index contributed by atoms with van der Waals surface area (Å²) in [5.74, 6) is -1.95. The Hall–Kier alpha value is -1.52. The van der Waals surface area contributed by atoms with E-state index >= 15 is 0 Å². The number of ether oxygens (including phenoxy) is 16. The van der Waals surface area contributed by atoms with E-state index in [1.54, 1.807) is 0 Å². The number of benzene rings is 1. The van der Waals surface area contributed by atoms with Gasteiger partial charge in [0.1, 0.15) is 189 Å². The molecule has 0 amide bonds. The number of hydrogen-bond acceptors (Lipinski definition) is 42. The summed E-state index contributed by atoms with van der Waals surface area (Å²) in [5, 5.41) is 270. The minimum absolute atomic E-state index is 0. The molecule has 30 aliphatic rings. The molecule has 30 saturated heterocycles. The molecule has 556 valence electrons. The second kappa shape index (κ2) is 34.8. The average Bonchev–Trinajstić information content (AvgIpc) is 0.778. The third-order valence-electron chi connectivity index (χ3n) is 18.2. The third kappa shape index (κ3) is 16.5. The zero-order chi connectivity index (χ0) is 70.3. The van der Waals surface area contributed by atoms with Crippen molar-refractivity contribution >= 4 is 17.7 Å². The molecule has 0 radical (unpaired) electrons. The number of rotatable bonds is 11. The van der Waals surface area contributed by atoms with Crippen molar-refractivity contribution in [2.24, 2.45) is 0 Å². The fourth-order valence-electron chi connectivity index (χ4n) is 12.8. The number of aliphatic hydroxyl groups is 23. The minimum atomic E-state index is -2.28. The first-order chi connectivity index (χ1) is 46.2. The number of carboxylic acids is 1. The van der Waals surface area contributed by atoms with Crippen LogP contribution >= 0.6 is 11.8 Å². The summed E-state index contributed by atoms with van der Waals surface area (Å²) in [6.07, 6.45) is -82.6. The Kier molecular flexibility index (Phi) is 28.6. The van der Waals surface area contributed by atoms with Crippen LogP contribution in [-0.2, 0) is 75.8 Å². The Bertz CT molecular complexity index is 2640. The topological polar surface area (TPSA) is 653 Å². The van der Waals surface area contributed by atoms with E-state index in [0.717, 1.165) is 11.8 Å². The smallest absolute Gasteiger partial charge is 0.545 e. The first kappa shape index (κ1) is 80.6. The molecule has 41 nitrogen and oxygen atoms in total. The van der Waals surface area contributed by atoms with Crippen LogP contribution in [-0.4, -0.2) is 421 Å². The van der Waals surface area contributed by atoms with Gasteiger partial charge in [-0.05, 0) is 17.7 Å². The fourth-order valence-corrected chi connectivity index (χ4v) is 13.8. The number of carbonyl (C=O) groups excluding carboxylic acids is 1. The summed E-state index contributed by atoms with van der Waals surface area (Å²) in [4.78, 5) is 12.0. The van der Waals surface area contributed by atoms with Gasteiger partial charge in [0.05, 0.1) is 58.3 Å². The van der Waals surface area contributed by atoms with Crippen molar-refractivity contribution in [2.75, 3.05) is 52.0 Å². The number of carbonyl (C=O) groups is 1. The van der Waals surface area contributed by atoms with Crippen LogP contribution in [0.3, 0.4) is 0 Å². The largest absolute Gasteiger partial charge is 1.00 e. The molecular formula is C55H83NaO41S. The van der Waals surface area contributed by atoms with E-state index in [1.165, 1.54) is 24.3 Å². The fraction of sp³-hybridized carbons (Fsp3) is 0.873. The normalized spacial score (nSPS) is 50.7. The molecule has 1 aromatic carbocycles. The monoisotopic (exact) mass is 1450 g/mol. The molecule has 0 aliphatic carbocycles. The predicted octanol–water partition coefficient (Wildman–Crippen LogP) is -19.2.